The van der Waals surface area contributed by atoms with Gasteiger partial charge in [-0.3, -0.25) is 4.79 Å². The lowest BCUT2D eigenvalue weighted by Gasteiger charge is -2.25. The zero-order valence-corrected chi connectivity index (χ0v) is 17.2. The van der Waals surface area contributed by atoms with Gasteiger partial charge in [0.2, 0.25) is 11.1 Å². The fraction of sp³-hybridized carbons (Fsp3) is 0.400. The average Bonchev–Trinajstić information content (AvgIpc) is 3.10. The molecule has 6 nitrogen and oxygen atoms in total. The molecule has 0 fully saturated rings. The van der Waals surface area contributed by atoms with Gasteiger partial charge in [0.15, 0.2) is 0 Å². The first-order valence-corrected chi connectivity index (χ1v) is 10.2. The predicted octanol–water partition coefficient (Wildman–Crippen LogP) is 3.62. The molecule has 0 aliphatic carbocycles. The fourth-order valence-electron chi connectivity index (χ4n) is 3.22. The second kappa shape index (κ2) is 8.08. The van der Waals surface area contributed by atoms with Crippen LogP contribution in [0.2, 0.25) is 0 Å². The van der Waals surface area contributed by atoms with Gasteiger partial charge < -0.3 is 4.90 Å². The molecule has 0 spiro atoms. The van der Waals surface area contributed by atoms with Crippen molar-refractivity contribution in [3.63, 3.8) is 0 Å². The number of thioether (sulfide) groups is 1. The third kappa shape index (κ3) is 3.98. The van der Waals surface area contributed by atoms with E-state index in [0.29, 0.717) is 23.8 Å². The molecule has 0 unspecified atom stereocenters. The molecule has 0 saturated heterocycles. The third-order valence-corrected chi connectivity index (χ3v) is 5.60. The summed E-state index contributed by atoms with van der Waals surface area (Å²) in [5.41, 5.74) is 4.11. The van der Waals surface area contributed by atoms with Crippen LogP contribution in [0.25, 0.3) is 5.78 Å². The summed E-state index contributed by atoms with van der Waals surface area (Å²) >= 11 is 1.49. The van der Waals surface area contributed by atoms with Gasteiger partial charge in [0, 0.05) is 24.9 Å². The Hall–Kier alpha value is -2.41. The topological polar surface area (TPSA) is 63.4 Å². The van der Waals surface area contributed by atoms with E-state index in [1.165, 1.54) is 11.8 Å². The summed E-state index contributed by atoms with van der Waals surface area (Å²) in [7, 11) is 1.86. The lowest BCUT2D eigenvalue weighted by Crippen LogP contribution is -2.30. The van der Waals surface area contributed by atoms with Crippen LogP contribution in [0.4, 0.5) is 0 Å². The maximum Gasteiger partial charge on any atom is 0.253 e. The molecule has 1 amide bonds. The van der Waals surface area contributed by atoms with Gasteiger partial charge in [0.1, 0.15) is 0 Å². The van der Waals surface area contributed by atoms with E-state index in [0.717, 1.165) is 22.5 Å². The van der Waals surface area contributed by atoms with Gasteiger partial charge in [-0.2, -0.15) is 4.98 Å². The van der Waals surface area contributed by atoms with Crippen molar-refractivity contribution in [3.05, 3.63) is 52.8 Å². The lowest BCUT2D eigenvalue weighted by molar-refractivity contribution is -0.131. The Morgan fingerprint density at radius 2 is 1.93 bits per heavy atom. The number of nitrogens with zero attached hydrogens (tertiary/aromatic N) is 5. The van der Waals surface area contributed by atoms with E-state index in [-0.39, 0.29) is 11.9 Å². The normalized spacial score (nSPS) is 12.3. The number of carbonyl (C=O) groups excluding carboxylic acids is 1. The zero-order chi connectivity index (χ0) is 19.6. The molecule has 3 aromatic rings. The molecular formula is C20H25N5OS. The number of rotatable bonds is 6. The SMILES string of the molecule is CSc1nc2nc(C)c(CCC(=O)N(C)[C@H](C)c3ccccc3)c(C)n2n1. The third-order valence-electron chi connectivity index (χ3n) is 5.06. The maximum absolute atomic E-state index is 12.7. The highest BCUT2D eigenvalue weighted by molar-refractivity contribution is 7.98. The number of hydrogen-bond donors (Lipinski definition) is 0. The smallest absolute Gasteiger partial charge is 0.253 e. The molecule has 7 heteroatoms. The highest BCUT2D eigenvalue weighted by atomic mass is 32.2. The number of aromatic nitrogens is 4. The van der Waals surface area contributed by atoms with E-state index in [2.05, 4.69) is 34.1 Å². The van der Waals surface area contributed by atoms with Gasteiger partial charge in [-0.25, -0.2) is 9.50 Å². The lowest BCUT2D eigenvalue weighted by atomic mass is 10.0. The molecule has 27 heavy (non-hydrogen) atoms. The van der Waals surface area contributed by atoms with Gasteiger partial charge in [0.25, 0.3) is 5.78 Å². The Morgan fingerprint density at radius 3 is 2.59 bits per heavy atom. The Morgan fingerprint density at radius 1 is 1.22 bits per heavy atom. The molecule has 0 aliphatic rings. The molecule has 1 atom stereocenters. The Labute approximate surface area is 164 Å². The Balaban J connectivity index is 1.75. The van der Waals surface area contributed by atoms with E-state index >= 15 is 0 Å². The van der Waals surface area contributed by atoms with Crippen LogP contribution >= 0.6 is 11.8 Å². The highest BCUT2D eigenvalue weighted by Gasteiger charge is 2.19. The molecule has 0 saturated carbocycles. The molecule has 3 rings (SSSR count). The van der Waals surface area contributed by atoms with Crippen LogP contribution in [0, 0.1) is 13.8 Å². The number of carbonyl (C=O) groups is 1. The van der Waals surface area contributed by atoms with Gasteiger partial charge >= 0.3 is 0 Å². The molecule has 0 bridgehead atoms. The Bertz CT molecular complexity index is 954. The first-order chi connectivity index (χ1) is 12.9. The number of benzene rings is 1. The molecule has 2 heterocycles. The summed E-state index contributed by atoms with van der Waals surface area (Å²) in [4.78, 5) is 23.5. The van der Waals surface area contributed by atoms with Crippen molar-refractivity contribution in [3.8, 4) is 0 Å². The first kappa shape index (κ1) is 19.4. The van der Waals surface area contributed by atoms with Crippen LogP contribution in [0.3, 0.4) is 0 Å². The summed E-state index contributed by atoms with van der Waals surface area (Å²) in [6.45, 7) is 6.03. The second-order valence-corrected chi connectivity index (χ2v) is 7.44. The number of aryl methyl sites for hydroxylation is 2. The molecular weight excluding hydrogens is 358 g/mol. The van der Waals surface area contributed by atoms with Crippen molar-refractivity contribution in [2.45, 2.75) is 44.8 Å². The largest absolute Gasteiger partial charge is 0.339 e. The summed E-state index contributed by atoms with van der Waals surface area (Å²) in [6.07, 6.45) is 3.02. The fourth-order valence-corrected chi connectivity index (χ4v) is 3.55. The minimum absolute atomic E-state index is 0.0425. The van der Waals surface area contributed by atoms with Crippen LogP contribution in [0.5, 0.6) is 0 Å². The van der Waals surface area contributed by atoms with E-state index < -0.39 is 0 Å². The van der Waals surface area contributed by atoms with Gasteiger partial charge in [-0.05, 0) is 44.6 Å². The summed E-state index contributed by atoms with van der Waals surface area (Å²) < 4.78 is 1.77. The predicted molar refractivity (Wildman–Crippen MR) is 108 cm³/mol. The quantitative estimate of drug-likeness (QED) is 0.609. The number of hydrogen-bond acceptors (Lipinski definition) is 5. The second-order valence-electron chi connectivity index (χ2n) is 6.66. The van der Waals surface area contributed by atoms with Crippen molar-refractivity contribution >= 4 is 23.4 Å². The van der Waals surface area contributed by atoms with E-state index in [1.54, 1.807) is 4.52 Å². The van der Waals surface area contributed by atoms with E-state index in [4.69, 9.17) is 0 Å². The van der Waals surface area contributed by atoms with Crippen LogP contribution in [-0.2, 0) is 11.2 Å². The van der Waals surface area contributed by atoms with Gasteiger partial charge in [-0.1, -0.05) is 42.1 Å². The van der Waals surface area contributed by atoms with E-state index in [1.807, 2.05) is 50.2 Å². The number of fused-ring (bicyclic) bond motifs is 1. The van der Waals surface area contributed by atoms with Crippen molar-refractivity contribution in [2.75, 3.05) is 13.3 Å². The maximum atomic E-state index is 12.7. The van der Waals surface area contributed by atoms with Crippen molar-refractivity contribution in [1.29, 1.82) is 0 Å². The molecule has 0 N–H and O–H groups in total. The Kier molecular flexibility index (Phi) is 5.79. The minimum Gasteiger partial charge on any atom is -0.339 e. The van der Waals surface area contributed by atoms with Crippen LogP contribution < -0.4 is 0 Å². The van der Waals surface area contributed by atoms with Gasteiger partial charge in [-0.15, -0.1) is 5.10 Å². The molecule has 2 aromatic heterocycles. The van der Waals surface area contributed by atoms with Crippen molar-refractivity contribution in [1.82, 2.24) is 24.5 Å². The van der Waals surface area contributed by atoms with Crippen LogP contribution in [0.15, 0.2) is 35.5 Å². The summed E-state index contributed by atoms with van der Waals surface area (Å²) in [5, 5.41) is 5.18. The standard InChI is InChI=1S/C20H25N5OS/c1-13-17(15(3)25-19(21-13)22-20(23-25)27-5)11-12-18(26)24(4)14(2)16-9-7-6-8-10-16/h6-10,14H,11-12H2,1-5H3/t14-/m1/s1. The summed E-state index contributed by atoms with van der Waals surface area (Å²) in [6, 6.07) is 10.1. The van der Waals surface area contributed by atoms with Crippen molar-refractivity contribution in [2.24, 2.45) is 0 Å². The number of amides is 1. The van der Waals surface area contributed by atoms with E-state index in [9.17, 15) is 4.79 Å². The molecule has 0 radical (unpaired) electrons. The van der Waals surface area contributed by atoms with Crippen LogP contribution in [-0.4, -0.2) is 43.7 Å². The van der Waals surface area contributed by atoms with Gasteiger partial charge in [0.05, 0.1) is 6.04 Å². The monoisotopic (exact) mass is 383 g/mol. The summed E-state index contributed by atoms with van der Waals surface area (Å²) in [5.74, 6) is 0.730. The zero-order valence-electron chi connectivity index (χ0n) is 16.4. The molecule has 142 valence electrons. The average molecular weight is 384 g/mol. The highest BCUT2D eigenvalue weighted by Crippen LogP contribution is 2.21. The molecule has 0 aliphatic heterocycles. The van der Waals surface area contributed by atoms with Crippen molar-refractivity contribution < 1.29 is 4.79 Å². The van der Waals surface area contributed by atoms with Crippen LogP contribution in [0.1, 0.15) is 41.9 Å². The minimum atomic E-state index is 0.0425. The molecule has 1 aromatic carbocycles. The first-order valence-electron chi connectivity index (χ1n) is 8.99.